The molecule has 6 nitrogen and oxygen atoms in total. The Hall–Kier alpha value is -2.87. The van der Waals surface area contributed by atoms with Gasteiger partial charge in [0.25, 0.3) is 11.7 Å². The highest BCUT2D eigenvalue weighted by molar-refractivity contribution is 7.10. The van der Waals surface area contributed by atoms with Gasteiger partial charge in [0.05, 0.1) is 22.7 Å². The third kappa shape index (κ3) is 3.88. The van der Waals surface area contributed by atoms with E-state index in [1.165, 1.54) is 35.5 Å². The Morgan fingerprint density at radius 3 is 2.53 bits per heavy atom. The smallest absolute Gasteiger partial charge is 0.295 e. The summed E-state index contributed by atoms with van der Waals surface area (Å²) in [5.41, 5.74) is 1.89. The van der Waals surface area contributed by atoms with Crippen LogP contribution in [0.4, 0.5) is 0 Å². The number of pyridine rings is 1. The SMILES string of the molecule is COc1c(Cl)cc(/C(O)=C2/C(=O)C(=O)N(Cc3cccnc3)C2c2sccc2C)cc1Cl. The third-order valence-electron chi connectivity index (χ3n) is 5.24. The van der Waals surface area contributed by atoms with Crippen molar-refractivity contribution in [1.29, 1.82) is 0 Å². The zero-order valence-corrected chi connectivity index (χ0v) is 19.5. The van der Waals surface area contributed by atoms with E-state index in [-0.39, 0.29) is 39.2 Å². The number of carbonyl (C=O) groups is 2. The fourth-order valence-electron chi connectivity index (χ4n) is 3.72. The number of hydrogen-bond donors (Lipinski definition) is 1. The summed E-state index contributed by atoms with van der Waals surface area (Å²) in [5, 5.41) is 13.4. The second-order valence-corrected chi connectivity index (χ2v) is 8.99. The molecule has 0 bridgehead atoms. The number of amides is 1. The van der Waals surface area contributed by atoms with Gasteiger partial charge >= 0.3 is 0 Å². The van der Waals surface area contributed by atoms with Gasteiger partial charge in [0, 0.05) is 29.4 Å². The van der Waals surface area contributed by atoms with Crippen molar-refractivity contribution in [2.75, 3.05) is 7.11 Å². The molecular weight excluding hydrogens is 471 g/mol. The van der Waals surface area contributed by atoms with Gasteiger partial charge in [0.1, 0.15) is 11.8 Å². The number of ketones is 1. The van der Waals surface area contributed by atoms with Crippen LogP contribution in [-0.4, -0.2) is 33.8 Å². The van der Waals surface area contributed by atoms with Crippen LogP contribution < -0.4 is 4.74 Å². The molecule has 0 spiro atoms. The molecule has 0 aliphatic carbocycles. The van der Waals surface area contributed by atoms with E-state index in [0.29, 0.717) is 0 Å². The molecule has 0 radical (unpaired) electrons. The average molecular weight is 489 g/mol. The maximum atomic E-state index is 13.1. The molecule has 1 aliphatic rings. The molecular formula is C23H18Cl2N2O4S. The van der Waals surface area contributed by atoms with Gasteiger partial charge < -0.3 is 14.7 Å². The molecule has 32 heavy (non-hydrogen) atoms. The molecule has 1 unspecified atom stereocenters. The number of thiophene rings is 1. The quantitative estimate of drug-likeness (QED) is 0.295. The van der Waals surface area contributed by atoms with Gasteiger partial charge in [-0.15, -0.1) is 11.3 Å². The molecule has 3 aromatic rings. The maximum absolute atomic E-state index is 13.1. The van der Waals surface area contributed by atoms with Crippen LogP contribution in [-0.2, 0) is 16.1 Å². The Balaban J connectivity index is 1.89. The van der Waals surface area contributed by atoms with Gasteiger partial charge in [0.2, 0.25) is 0 Å². The first kappa shape index (κ1) is 22.3. The lowest BCUT2D eigenvalue weighted by molar-refractivity contribution is -0.140. The summed E-state index contributed by atoms with van der Waals surface area (Å²) in [7, 11) is 1.43. The van der Waals surface area contributed by atoms with Crippen molar-refractivity contribution in [1.82, 2.24) is 9.88 Å². The molecule has 1 atom stereocenters. The fraction of sp³-hybridized carbons (Fsp3) is 0.174. The minimum atomic E-state index is -0.771. The zero-order chi connectivity index (χ0) is 23.0. The first-order chi connectivity index (χ1) is 15.3. The maximum Gasteiger partial charge on any atom is 0.295 e. The van der Waals surface area contributed by atoms with Crippen LogP contribution in [0.1, 0.15) is 27.6 Å². The number of likely N-dealkylation sites (tertiary alicyclic amines) is 1. The number of methoxy groups -OCH3 is 1. The highest BCUT2D eigenvalue weighted by atomic mass is 35.5. The number of rotatable bonds is 5. The number of nitrogens with zero attached hydrogens (tertiary/aromatic N) is 2. The van der Waals surface area contributed by atoms with E-state index in [4.69, 9.17) is 27.9 Å². The Morgan fingerprint density at radius 1 is 1.25 bits per heavy atom. The van der Waals surface area contributed by atoms with Crippen molar-refractivity contribution in [3.8, 4) is 5.75 Å². The second kappa shape index (κ2) is 8.94. The van der Waals surface area contributed by atoms with E-state index >= 15 is 0 Å². The number of aliphatic hydroxyl groups excluding tert-OH is 1. The van der Waals surface area contributed by atoms with Crippen LogP contribution in [0, 0.1) is 6.92 Å². The van der Waals surface area contributed by atoms with E-state index in [0.717, 1.165) is 16.0 Å². The molecule has 1 saturated heterocycles. The van der Waals surface area contributed by atoms with Gasteiger partial charge in [-0.2, -0.15) is 0 Å². The largest absolute Gasteiger partial charge is 0.507 e. The Bertz CT molecular complexity index is 1220. The minimum Gasteiger partial charge on any atom is -0.507 e. The van der Waals surface area contributed by atoms with Crippen molar-refractivity contribution >= 4 is 52.0 Å². The summed E-state index contributed by atoms with van der Waals surface area (Å²) in [6.07, 6.45) is 3.27. The second-order valence-electron chi connectivity index (χ2n) is 7.23. The van der Waals surface area contributed by atoms with E-state index in [1.54, 1.807) is 18.5 Å². The van der Waals surface area contributed by atoms with E-state index in [9.17, 15) is 14.7 Å². The van der Waals surface area contributed by atoms with Crippen molar-refractivity contribution < 1.29 is 19.4 Å². The van der Waals surface area contributed by atoms with Gasteiger partial charge in [-0.25, -0.2) is 0 Å². The molecule has 164 valence electrons. The number of halogens is 2. The van der Waals surface area contributed by atoms with Crippen LogP contribution in [0.5, 0.6) is 5.75 Å². The molecule has 1 amide bonds. The predicted octanol–water partition coefficient (Wildman–Crippen LogP) is 5.39. The molecule has 1 aliphatic heterocycles. The molecule has 9 heteroatoms. The van der Waals surface area contributed by atoms with Crippen LogP contribution in [0.3, 0.4) is 0 Å². The predicted molar refractivity (Wildman–Crippen MR) is 124 cm³/mol. The standard InChI is InChI=1S/C23H18Cl2N2O4S/c1-12-5-7-32-22(12)18-17(19(28)14-8-15(24)21(31-2)16(25)9-14)20(29)23(30)27(18)11-13-4-3-6-26-10-13/h3-10,18,28H,11H2,1-2H3/b19-17-. The number of aryl methyl sites for hydroxylation is 1. The fourth-order valence-corrected chi connectivity index (χ4v) is 5.40. The van der Waals surface area contributed by atoms with Crippen LogP contribution in [0.2, 0.25) is 10.0 Å². The van der Waals surface area contributed by atoms with Crippen LogP contribution in [0.25, 0.3) is 5.76 Å². The zero-order valence-electron chi connectivity index (χ0n) is 17.1. The Kier molecular flexibility index (Phi) is 6.24. The summed E-state index contributed by atoms with van der Waals surface area (Å²) in [5.74, 6) is -1.56. The lowest BCUT2D eigenvalue weighted by Gasteiger charge is -2.25. The number of ether oxygens (including phenoxy) is 1. The number of aliphatic hydroxyl groups is 1. The molecule has 3 heterocycles. The number of Topliss-reactive ketones (excluding diaryl/α,β-unsaturated/α-hetero) is 1. The van der Waals surface area contributed by atoms with Crippen molar-refractivity contribution in [3.63, 3.8) is 0 Å². The Morgan fingerprint density at radius 2 is 1.97 bits per heavy atom. The summed E-state index contributed by atoms with van der Waals surface area (Å²) in [6, 6.07) is 7.65. The lowest BCUT2D eigenvalue weighted by atomic mass is 9.98. The monoisotopic (exact) mass is 488 g/mol. The first-order valence-electron chi connectivity index (χ1n) is 9.58. The van der Waals surface area contributed by atoms with Gasteiger partial charge in [-0.05, 0) is 47.7 Å². The van der Waals surface area contributed by atoms with Crippen molar-refractivity contribution in [2.24, 2.45) is 0 Å². The number of hydrogen-bond acceptors (Lipinski definition) is 6. The summed E-state index contributed by atoms with van der Waals surface area (Å²) >= 11 is 13.9. The normalized spacial score (nSPS) is 17.8. The van der Waals surface area contributed by atoms with Gasteiger partial charge in [-0.1, -0.05) is 29.3 Å². The molecule has 2 aromatic heterocycles. The highest BCUT2D eigenvalue weighted by Crippen LogP contribution is 2.44. The molecule has 1 fully saturated rings. The summed E-state index contributed by atoms with van der Waals surface area (Å²) in [6.45, 7) is 2.07. The summed E-state index contributed by atoms with van der Waals surface area (Å²) < 4.78 is 5.16. The van der Waals surface area contributed by atoms with E-state index in [2.05, 4.69) is 4.98 Å². The van der Waals surface area contributed by atoms with Crippen molar-refractivity contribution in [3.05, 3.63) is 85.3 Å². The Labute approximate surface area is 198 Å². The van der Waals surface area contributed by atoms with Gasteiger partial charge in [-0.3, -0.25) is 14.6 Å². The molecule has 4 rings (SSSR count). The topological polar surface area (TPSA) is 79.7 Å². The van der Waals surface area contributed by atoms with Crippen LogP contribution >= 0.6 is 34.5 Å². The minimum absolute atomic E-state index is 0.0123. The first-order valence-corrected chi connectivity index (χ1v) is 11.2. The van der Waals surface area contributed by atoms with E-state index in [1.807, 2.05) is 24.4 Å². The van der Waals surface area contributed by atoms with Crippen LogP contribution in [0.15, 0.2) is 53.7 Å². The average Bonchev–Trinajstić information content (AvgIpc) is 3.29. The van der Waals surface area contributed by atoms with Gasteiger partial charge in [0.15, 0.2) is 5.75 Å². The lowest BCUT2D eigenvalue weighted by Crippen LogP contribution is -2.29. The molecule has 1 N–H and O–H groups in total. The highest BCUT2D eigenvalue weighted by Gasteiger charge is 2.47. The number of benzene rings is 1. The third-order valence-corrected chi connectivity index (χ3v) is 6.87. The van der Waals surface area contributed by atoms with E-state index < -0.39 is 17.7 Å². The number of aromatic nitrogens is 1. The summed E-state index contributed by atoms with van der Waals surface area (Å²) in [4.78, 5) is 32.5. The number of carbonyl (C=O) groups excluding carboxylic acids is 2. The molecule has 1 aromatic carbocycles. The molecule has 0 saturated carbocycles. The van der Waals surface area contributed by atoms with Crippen molar-refractivity contribution in [2.45, 2.75) is 19.5 Å².